The molecule has 0 radical (unpaired) electrons. The van der Waals surface area contributed by atoms with Crippen LogP contribution in [0.25, 0.3) is 10.9 Å². The van der Waals surface area contributed by atoms with Gasteiger partial charge in [-0.1, -0.05) is 0 Å². The lowest BCUT2D eigenvalue weighted by Crippen LogP contribution is -2.19. The van der Waals surface area contributed by atoms with Crippen LogP contribution in [0.3, 0.4) is 0 Å². The molecule has 3 rings (SSSR count). The van der Waals surface area contributed by atoms with Gasteiger partial charge >= 0.3 is 0 Å². The Balaban J connectivity index is 1.86. The van der Waals surface area contributed by atoms with Gasteiger partial charge in [-0.15, -0.1) is 0 Å². The molecule has 0 bridgehead atoms. The van der Waals surface area contributed by atoms with E-state index in [2.05, 4.69) is 17.2 Å². The summed E-state index contributed by atoms with van der Waals surface area (Å²) < 4.78 is 13.6. The van der Waals surface area contributed by atoms with Crippen molar-refractivity contribution in [3.05, 3.63) is 23.9 Å². The van der Waals surface area contributed by atoms with E-state index in [1.54, 1.807) is 0 Å². The highest BCUT2D eigenvalue weighted by Gasteiger charge is 2.20. The van der Waals surface area contributed by atoms with Gasteiger partial charge in [0.25, 0.3) is 0 Å². The normalized spacial score (nSPS) is 19.0. The van der Waals surface area contributed by atoms with Gasteiger partial charge in [0.1, 0.15) is 5.75 Å². The highest BCUT2D eigenvalue weighted by Crippen LogP contribution is 2.30. The van der Waals surface area contributed by atoms with Crippen molar-refractivity contribution in [2.45, 2.75) is 38.8 Å². The number of ether oxygens (including phenoxy) is 2. The first-order valence-electron chi connectivity index (χ1n) is 7.73. The van der Waals surface area contributed by atoms with Gasteiger partial charge in [-0.2, -0.15) is 5.10 Å². The maximum absolute atomic E-state index is 5.85. The van der Waals surface area contributed by atoms with Crippen molar-refractivity contribution in [3.8, 4) is 5.75 Å². The Bertz CT molecular complexity index is 603. The average Bonchev–Trinajstić information content (AvgIpc) is 2.85. The molecule has 1 atom stereocenters. The number of rotatable bonds is 5. The molecule has 1 aromatic carbocycles. The quantitative estimate of drug-likeness (QED) is 0.860. The van der Waals surface area contributed by atoms with Crippen LogP contribution in [0.15, 0.2) is 18.2 Å². The van der Waals surface area contributed by atoms with Crippen molar-refractivity contribution in [2.24, 2.45) is 5.73 Å². The van der Waals surface area contributed by atoms with E-state index in [1.165, 1.54) is 6.42 Å². The average molecular weight is 289 g/mol. The minimum Gasteiger partial charge on any atom is -0.494 e. The van der Waals surface area contributed by atoms with Crippen LogP contribution in [0.4, 0.5) is 0 Å². The molecule has 0 spiro atoms. The minimum atomic E-state index is 0.0685. The summed E-state index contributed by atoms with van der Waals surface area (Å²) in [5, 5.41) is 5.80. The second-order valence-corrected chi connectivity index (χ2v) is 5.52. The molecule has 5 nitrogen and oxygen atoms in total. The first-order chi connectivity index (χ1) is 10.3. The molecule has 1 aliphatic rings. The van der Waals surface area contributed by atoms with E-state index in [0.717, 1.165) is 48.2 Å². The molecule has 0 saturated carbocycles. The largest absolute Gasteiger partial charge is 0.494 e. The van der Waals surface area contributed by atoms with Crippen LogP contribution in [0.2, 0.25) is 0 Å². The molecular weight excluding hydrogens is 266 g/mol. The van der Waals surface area contributed by atoms with Crippen molar-refractivity contribution >= 4 is 10.9 Å². The van der Waals surface area contributed by atoms with E-state index in [4.69, 9.17) is 15.2 Å². The zero-order chi connectivity index (χ0) is 14.7. The summed E-state index contributed by atoms with van der Waals surface area (Å²) in [5.74, 6) is 0.878. The summed E-state index contributed by atoms with van der Waals surface area (Å²) >= 11 is 0. The van der Waals surface area contributed by atoms with E-state index in [1.807, 2.05) is 17.7 Å². The number of aryl methyl sites for hydroxylation is 1. The lowest BCUT2D eigenvalue weighted by atomic mass is 10.1. The first-order valence-corrected chi connectivity index (χ1v) is 7.73. The zero-order valence-electron chi connectivity index (χ0n) is 12.5. The monoisotopic (exact) mass is 289 g/mol. The number of aromatic nitrogens is 2. The van der Waals surface area contributed by atoms with Crippen LogP contribution in [0.1, 0.15) is 37.6 Å². The summed E-state index contributed by atoms with van der Waals surface area (Å²) in [6.45, 7) is 4.16. The fraction of sp³-hybridized carbons (Fsp3) is 0.562. The van der Waals surface area contributed by atoms with Gasteiger partial charge in [0.05, 0.1) is 17.8 Å². The summed E-state index contributed by atoms with van der Waals surface area (Å²) in [6, 6.07) is 6.14. The SMILES string of the molecule is Cc1nn(C2CCCCO2)c2ccc(OCCCN)cc12. The van der Waals surface area contributed by atoms with Crippen LogP contribution in [0.5, 0.6) is 5.75 Å². The predicted molar refractivity (Wildman–Crippen MR) is 82.5 cm³/mol. The maximum atomic E-state index is 5.85. The molecular formula is C16H23N3O2. The van der Waals surface area contributed by atoms with Crippen LogP contribution < -0.4 is 10.5 Å². The number of hydrogen-bond donors (Lipinski definition) is 1. The van der Waals surface area contributed by atoms with E-state index < -0.39 is 0 Å². The molecule has 0 aliphatic carbocycles. The second-order valence-electron chi connectivity index (χ2n) is 5.52. The second kappa shape index (κ2) is 6.45. The van der Waals surface area contributed by atoms with Crippen molar-refractivity contribution in [3.63, 3.8) is 0 Å². The van der Waals surface area contributed by atoms with Crippen LogP contribution in [0, 0.1) is 6.92 Å². The molecule has 1 aliphatic heterocycles. The molecule has 1 aromatic heterocycles. The zero-order valence-corrected chi connectivity index (χ0v) is 12.5. The van der Waals surface area contributed by atoms with Crippen LogP contribution in [-0.4, -0.2) is 29.5 Å². The summed E-state index contributed by atoms with van der Waals surface area (Å²) in [7, 11) is 0. The van der Waals surface area contributed by atoms with Gasteiger partial charge in [0, 0.05) is 12.0 Å². The van der Waals surface area contributed by atoms with Crippen molar-refractivity contribution < 1.29 is 9.47 Å². The van der Waals surface area contributed by atoms with Crippen molar-refractivity contribution in [1.82, 2.24) is 9.78 Å². The standard InChI is InChI=1S/C16H23N3O2/c1-12-14-11-13(20-10-4-8-17)6-7-15(14)19(18-12)16-5-2-3-9-21-16/h6-7,11,16H,2-5,8-10,17H2,1H3. The highest BCUT2D eigenvalue weighted by molar-refractivity contribution is 5.83. The lowest BCUT2D eigenvalue weighted by molar-refractivity contribution is -0.0368. The Morgan fingerprint density at radius 1 is 1.43 bits per heavy atom. The summed E-state index contributed by atoms with van der Waals surface area (Å²) in [6.07, 6.45) is 4.31. The van der Waals surface area contributed by atoms with Gasteiger partial charge in [-0.25, -0.2) is 4.68 Å². The smallest absolute Gasteiger partial charge is 0.150 e. The molecule has 114 valence electrons. The number of benzene rings is 1. The fourth-order valence-electron chi connectivity index (χ4n) is 2.77. The van der Waals surface area contributed by atoms with Gasteiger partial charge in [0.2, 0.25) is 0 Å². The molecule has 5 heteroatoms. The molecule has 1 fully saturated rings. The van der Waals surface area contributed by atoms with E-state index in [0.29, 0.717) is 13.2 Å². The molecule has 2 heterocycles. The molecule has 2 aromatic rings. The van der Waals surface area contributed by atoms with Gasteiger partial charge < -0.3 is 15.2 Å². The topological polar surface area (TPSA) is 62.3 Å². The molecule has 2 N–H and O–H groups in total. The Kier molecular flexibility index (Phi) is 4.41. The number of fused-ring (bicyclic) bond motifs is 1. The third-order valence-electron chi connectivity index (χ3n) is 3.91. The lowest BCUT2D eigenvalue weighted by Gasteiger charge is -2.23. The maximum Gasteiger partial charge on any atom is 0.150 e. The number of hydrogen-bond acceptors (Lipinski definition) is 4. The van der Waals surface area contributed by atoms with Crippen molar-refractivity contribution in [1.29, 1.82) is 0 Å². The predicted octanol–water partition coefficient (Wildman–Crippen LogP) is 2.77. The minimum absolute atomic E-state index is 0.0685. The Hall–Kier alpha value is -1.59. The van der Waals surface area contributed by atoms with Gasteiger partial charge in [0.15, 0.2) is 6.23 Å². The van der Waals surface area contributed by atoms with E-state index in [-0.39, 0.29) is 6.23 Å². The molecule has 1 saturated heterocycles. The van der Waals surface area contributed by atoms with Crippen LogP contribution >= 0.6 is 0 Å². The molecule has 1 unspecified atom stereocenters. The molecule has 21 heavy (non-hydrogen) atoms. The van der Waals surface area contributed by atoms with E-state index in [9.17, 15) is 0 Å². The Labute approximate surface area is 125 Å². The Morgan fingerprint density at radius 2 is 2.33 bits per heavy atom. The first kappa shape index (κ1) is 14.4. The third-order valence-corrected chi connectivity index (χ3v) is 3.91. The van der Waals surface area contributed by atoms with Gasteiger partial charge in [-0.3, -0.25) is 0 Å². The summed E-state index contributed by atoms with van der Waals surface area (Å²) in [4.78, 5) is 0. The van der Waals surface area contributed by atoms with Crippen molar-refractivity contribution in [2.75, 3.05) is 19.8 Å². The van der Waals surface area contributed by atoms with E-state index >= 15 is 0 Å². The third kappa shape index (κ3) is 3.04. The molecule has 0 amide bonds. The fourth-order valence-corrected chi connectivity index (χ4v) is 2.77. The number of nitrogens with zero attached hydrogens (tertiary/aromatic N) is 2. The summed E-state index contributed by atoms with van der Waals surface area (Å²) in [5.41, 5.74) is 7.62. The Morgan fingerprint density at radius 3 is 3.10 bits per heavy atom. The van der Waals surface area contributed by atoms with Gasteiger partial charge in [-0.05, 0) is 57.4 Å². The number of nitrogens with two attached hydrogens (primary N) is 1. The van der Waals surface area contributed by atoms with Crippen LogP contribution in [-0.2, 0) is 4.74 Å². The highest BCUT2D eigenvalue weighted by atomic mass is 16.5.